The molecule has 1 N–H and O–H groups in total. The summed E-state index contributed by atoms with van der Waals surface area (Å²) in [5.74, 6) is 0.919. The third-order valence-electron chi connectivity index (χ3n) is 10.0. The molecule has 2 aliphatic heterocycles. The molecule has 0 aromatic heterocycles. The first kappa shape index (κ1) is 25.4. The van der Waals surface area contributed by atoms with E-state index in [-0.39, 0.29) is 17.5 Å². The van der Waals surface area contributed by atoms with Crippen molar-refractivity contribution in [3.05, 3.63) is 59.7 Å². The molecule has 0 spiro atoms. The van der Waals surface area contributed by atoms with Crippen LogP contribution in [0.15, 0.2) is 53.4 Å². The highest BCUT2D eigenvalue weighted by Gasteiger charge is 2.50. The van der Waals surface area contributed by atoms with Gasteiger partial charge in [-0.25, -0.2) is 8.42 Å². The molecule has 0 radical (unpaired) electrons. The number of likely N-dealkylation sites (N-methyl/N-ethyl adjacent to an activating group) is 1. The van der Waals surface area contributed by atoms with E-state index < -0.39 is 10.0 Å². The number of hydrogen-bond acceptors (Lipinski definition) is 5. The van der Waals surface area contributed by atoms with Gasteiger partial charge in [-0.2, -0.15) is 4.31 Å². The number of benzene rings is 2. The molecule has 2 aromatic carbocycles. The molecule has 6 rings (SSSR count). The molecular formula is C30H41N3O3S. The van der Waals surface area contributed by atoms with Gasteiger partial charge in [0.05, 0.1) is 4.90 Å². The highest BCUT2D eigenvalue weighted by molar-refractivity contribution is 7.89. The summed E-state index contributed by atoms with van der Waals surface area (Å²) in [5.41, 5.74) is 2.86. The highest BCUT2D eigenvalue weighted by Crippen LogP contribution is 2.51. The summed E-state index contributed by atoms with van der Waals surface area (Å²) < 4.78 is 28.9. The molecule has 3 fully saturated rings. The van der Waals surface area contributed by atoms with Crippen molar-refractivity contribution in [1.82, 2.24) is 14.1 Å². The topological polar surface area (TPSA) is 64.1 Å². The molecule has 7 heteroatoms. The number of aromatic hydroxyl groups is 1. The number of piperidine rings is 2. The van der Waals surface area contributed by atoms with Gasteiger partial charge in [0.2, 0.25) is 10.0 Å². The van der Waals surface area contributed by atoms with Crippen LogP contribution in [-0.2, 0) is 21.9 Å². The van der Waals surface area contributed by atoms with Crippen molar-refractivity contribution in [2.45, 2.75) is 80.3 Å². The Morgan fingerprint density at radius 1 is 1.00 bits per heavy atom. The van der Waals surface area contributed by atoms with Crippen molar-refractivity contribution in [3.8, 4) is 5.75 Å². The fourth-order valence-corrected chi connectivity index (χ4v) is 9.59. The van der Waals surface area contributed by atoms with Crippen LogP contribution in [-0.4, -0.2) is 79.0 Å². The Balaban J connectivity index is 1.16. The number of sulfonamides is 1. The van der Waals surface area contributed by atoms with Gasteiger partial charge in [0.1, 0.15) is 5.75 Å². The molecule has 0 amide bonds. The van der Waals surface area contributed by atoms with Gasteiger partial charge in [0, 0.05) is 23.5 Å². The predicted molar refractivity (Wildman–Crippen MR) is 146 cm³/mol. The minimum Gasteiger partial charge on any atom is -0.508 e. The molecule has 6 nitrogen and oxygen atoms in total. The number of hydrogen-bond donors (Lipinski definition) is 1. The maximum Gasteiger partial charge on any atom is 0.243 e. The Labute approximate surface area is 222 Å². The van der Waals surface area contributed by atoms with E-state index in [4.69, 9.17) is 0 Å². The van der Waals surface area contributed by atoms with Crippen LogP contribution >= 0.6 is 0 Å². The quantitative estimate of drug-likeness (QED) is 0.588. The summed E-state index contributed by atoms with van der Waals surface area (Å²) in [6, 6.07) is 15.8. The Kier molecular flexibility index (Phi) is 6.63. The molecule has 1 saturated carbocycles. The minimum atomic E-state index is -3.46. The zero-order chi connectivity index (χ0) is 25.8. The number of nitrogens with zero attached hydrogens (tertiary/aromatic N) is 3. The third-order valence-corrected chi connectivity index (χ3v) is 12.0. The van der Waals surface area contributed by atoms with Crippen LogP contribution in [0.2, 0.25) is 0 Å². The zero-order valence-electron chi connectivity index (χ0n) is 22.2. The number of rotatable bonds is 7. The van der Waals surface area contributed by atoms with E-state index in [1.807, 2.05) is 34.6 Å². The Morgan fingerprint density at radius 3 is 2.41 bits per heavy atom. The number of phenolic OH excluding ortho intramolecular Hbond substituents is 1. The van der Waals surface area contributed by atoms with Crippen molar-refractivity contribution in [3.63, 3.8) is 0 Å². The standard InChI is InChI=1S/C30H41N3O3S/c1-22-29-20-23-8-11-26(34)21-28(23)30(22,14-18-31(29)2)15-19-32-16-12-25(13-17-32)33(24-9-10-24)37(35,36)27-6-4-3-5-7-27/h3-8,11,21-22,24-25,29,34H,9-10,12-20H2,1-2H3/t22-,29+,30+/m1/s1. The first-order valence-corrected chi connectivity index (χ1v) is 15.6. The van der Waals surface area contributed by atoms with Crippen LogP contribution in [0, 0.1) is 5.92 Å². The molecular weight excluding hydrogens is 482 g/mol. The Hall–Kier alpha value is -1.93. The van der Waals surface area contributed by atoms with Gasteiger partial charge < -0.3 is 14.9 Å². The van der Waals surface area contributed by atoms with Crippen LogP contribution < -0.4 is 0 Å². The van der Waals surface area contributed by atoms with Crippen LogP contribution in [0.25, 0.3) is 0 Å². The molecule has 4 aliphatic rings. The summed E-state index contributed by atoms with van der Waals surface area (Å²) in [6.45, 7) is 6.43. The summed E-state index contributed by atoms with van der Waals surface area (Å²) in [5, 5.41) is 10.4. The lowest BCUT2D eigenvalue weighted by Gasteiger charge is -2.56. The van der Waals surface area contributed by atoms with Crippen molar-refractivity contribution >= 4 is 10.0 Å². The fourth-order valence-electron chi connectivity index (χ4n) is 7.64. The van der Waals surface area contributed by atoms with E-state index in [9.17, 15) is 13.5 Å². The lowest BCUT2D eigenvalue weighted by atomic mass is 9.56. The van der Waals surface area contributed by atoms with Crippen LogP contribution in [0.4, 0.5) is 0 Å². The van der Waals surface area contributed by atoms with Crippen molar-refractivity contribution in [1.29, 1.82) is 0 Å². The Bertz CT molecular complexity index is 1220. The van der Waals surface area contributed by atoms with Gasteiger partial charge >= 0.3 is 0 Å². The second-order valence-electron chi connectivity index (χ2n) is 12.0. The predicted octanol–water partition coefficient (Wildman–Crippen LogP) is 4.23. The summed E-state index contributed by atoms with van der Waals surface area (Å²) in [7, 11) is -1.20. The maximum atomic E-state index is 13.5. The maximum absolute atomic E-state index is 13.5. The second-order valence-corrected chi connectivity index (χ2v) is 13.8. The molecule has 3 atom stereocenters. The van der Waals surface area contributed by atoms with Gasteiger partial charge in [-0.15, -0.1) is 0 Å². The van der Waals surface area contributed by atoms with Gasteiger partial charge in [-0.1, -0.05) is 31.2 Å². The summed E-state index contributed by atoms with van der Waals surface area (Å²) >= 11 is 0. The van der Waals surface area contributed by atoms with E-state index in [1.54, 1.807) is 12.1 Å². The first-order chi connectivity index (χ1) is 17.8. The zero-order valence-corrected chi connectivity index (χ0v) is 23.0. The number of likely N-dealkylation sites (tertiary alicyclic amines) is 2. The van der Waals surface area contributed by atoms with Crippen LogP contribution in [0.5, 0.6) is 5.75 Å². The molecule has 2 bridgehead atoms. The van der Waals surface area contributed by atoms with Crippen LogP contribution in [0.1, 0.15) is 56.6 Å². The smallest absolute Gasteiger partial charge is 0.243 e. The molecule has 2 aromatic rings. The molecule has 2 saturated heterocycles. The lowest BCUT2D eigenvalue weighted by Crippen LogP contribution is -2.58. The van der Waals surface area contributed by atoms with Crippen molar-refractivity contribution < 1.29 is 13.5 Å². The normalized spacial score (nSPS) is 29.4. The van der Waals surface area contributed by atoms with E-state index in [2.05, 4.69) is 29.8 Å². The lowest BCUT2D eigenvalue weighted by molar-refractivity contribution is 0.0272. The van der Waals surface area contributed by atoms with Gasteiger partial charge in [0.15, 0.2) is 0 Å². The van der Waals surface area contributed by atoms with Crippen molar-refractivity contribution in [2.24, 2.45) is 5.92 Å². The monoisotopic (exact) mass is 523 g/mol. The van der Waals surface area contributed by atoms with E-state index in [0.29, 0.717) is 22.6 Å². The molecule has 200 valence electrons. The van der Waals surface area contributed by atoms with Gasteiger partial charge in [-0.05, 0) is 119 Å². The van der Waals surface area contributed by atoms with Gasteiger partial charge in [-0.3, -0.25) is 0 Å². The average Bonchev–Trinajstić information content (AvgIpc) is 3.73. The third kappa shape index (κ3) is 4.52. The molecule has 2 aliphatic carbocycles. The number of phenols is 1. The van der Waals surface area contributed by atoms with E-state index >= 15 is 0 Å². The summed E-state index contributed by atoms with van der Waals surface area (Å²) in [6.07, 6.45) is 7.03. The number of fused-ring (bicyclic) bond motifs is 4. The highest BCUT2D eigenvalue weighted by atomic mass is 32.2. The largest absolute Gasteiger partial charge is 0.508 e. The van der Waals surface area contributed by atoms with Crippen molar-refractivity contribution in [2.75, 3.05) is 33.2 Å². The van der Waals surface area contributed by atoms with E-state index in [1.165, 1.54) is 11.1 Å². The SMILES string of the molecule is C[C@@H]1[C@@H]2Cc3ccc(O)cc3[C@]1(CCN1CCC(N(C3CC3)S(=O)(=O)c3ccccc3)CC1)CCN2C. The first-order valence-electron chi connectivity index (χ1n) is 14.1. The van der Waals surface area contributed by atoms with Crippen LogP contribution in [0.3, 0.4) is 0 Å². The summed E-state index contributed by atoms with van der Waals surface area (Å²) in [4.78, 5) is 5.51. The average molecular weight is 524 g/mol. The van der Waals surface area contributed by atoms with Gasteiger partial charge in [0.25, 0.3) is 0 Å². The molecule has 37 heavy (non-hydrogen) atoms. The Morgan fingerprint density at radius 2 is 1.70 bits per heavy atom. The molecule has 2 heterocycles. The second kappa shape index (κ2) is 9.67. The fraction of sp³-hybridized carbons (Fsp3) is 0.600. The molecule has 0 unspecified atom stereocenters. The minimum absolute atomic E-state index is 0.0890. The van der Waals surface area contributed by atoms with E-state index in [0.717, 1.165) is 71.1 Å².